The maximum absolute atomic E-state index is 13.8. The van der Waals surface area contributed by atoms with Crippen molar-refractivity contribution < 1.29 is 23.5 Å². The number of benzene rings is 2. The summed E-state index contributed by atoms with van der Waals surface area (Å²) in [7, 11) is -2.25. The zero-order valence-electron chi connectivity index (χ0n) is 30.5. The second-order valence-corrected chi connectivity index (χ2v) is 20.7. The van der Waals surface area contributed by atoms with Crippen molar-refractivity contribution in [2.24, 2.45) is 0 Å². The zero-order valence-corrected chi connectivity index (χ0v) is 31.5. The van der Waals surface area contributed by atoms with E-state index in [2.05, 4.69) is 44.9 Å². The molecule has 2 aromatic carbocycles. The average Bonchev–Trinajstić information content (AvgIpc) is 3.58. The minimum atomic E-state index is -2.25. The normalized spacial score (nSPS) is 17.2. The molecule has 2 N–H and O–H groups in total. The first-order valence-electron chi connectivity index (χ1n) is 17.6. The van der Waals surface area contributed by atoms with Crippen molar-refractivity contribution in [2.75, 3.05) is 31.9 Å². The number of nitrogen functional groups attached to an aromatic ring is 1. The van der Waals surface area contributed by atoms with Gasteiger partial charge in [0.1, 0.15) is 23.3 Å². The number of ether oxygens (including phenoxy) is 2. The number of rotatable bonds is 9. The summed E-state index contributed by atoms with van der Waals surface area (Å²) >= 11 is 0. The summed E-state index contributed by atoms with van der Waals surface area (Å²) in [5, 5.41) is -0.0387. The fraction of sp³-hybridized carbons (Fsp3) is 0.513. The van der Waals surface area contributed by atoms with Crippen LogP contribution in [0.25, 0.3) is 11.1 Å². The molecule has 3 heterocycles. The molecular weight excluding hydrogens is 633 g/mol. The van der Waals surface area contributed by atoms with Crippen molar-refractivity contribution in [3.8, 4) is 16.9 Å². The van der Waals surface area contributed by atoms with Crippen molar-refractivity contribution in [1.82, 2.24) is 14.8 Å². The molecule has 0 spiro atoms. The molecule has 5 rings (SSSR count). The lowest BCUT2D eigenvalue weighted by Crippen LogP contribution is -2.48. The van der Waals surface area contributed by atoms with Crippen LogP contribution in [0, 0.1) is 0 Å². The smallest absolute Gasteiger partial charge is 0.410 e. The highest BCUT2D eigenvalue weighted by Crippen LogP contribution is 2.40. The molecule has 2 atom stereocenters. The minimum absolute atomic E-state index is 0.0387. The highest BCUT2D eigenvalue weighted by atomic mass is 28.4. The molecule has 2 aliphatic heterocycles. The molecule has 264 valence electrons. The van der Waals surface area contributed by atoms with E-state index in [1.54, 1.807) is 17.2 Å². The monoisotopic (exact) mass is 686 g/mol. The Morgan fingerprint density at radius 3 is 2.39 bits per heavy atom. The van der Waals surface area contributed by atoms with E-state index in [1.807, 2.05) is 68.1 Å². The Balaban J connectivity index is 1.35. The second-order valence-electron chi connectivity index (χ2n) is 15.9. The largest absolute Gasteiger partial charge is 0.488 e. The van der Waals surface area contributed by atoms with Gasteiger partial charge in [0, 0.05) is 24.8 Å². The average molecular weight is 687 g/mol. The number of nitrogens with two attached hydrogens (primary N) is 1. The molecule has 0 radical (unpaired) electrons. The van der Waals surface area contributed by atoms with E-state index in [4.69, 9.17) is 19.6 Å². The van der Waals surface area contributed by atoms with Crippen LogP contribution in [0.3, 0.4) is 0 Å². The van der Waals surface area contributed by atoms with E-state index >= 15 is 0 Å². The predicted molar refractivity (Wildman–Crippen MR) is 197 cm³/mol. The molecular formula is C39H54N4O5Si. The van der Waals surface area contributed by atoms with E-state index in [-0.39, 0.29) is 23.6 Å². The number of aromatic nitrogens is 1. The summed E-state index contributed by atoms with van der Waals surface area (Å²) in [5.74, 6) is 1.34. The quantitative estimate of drug-likeness (QED) is 0.226. The maximum Gasteiger partial charge on any atom is 0.410 e. The summed E-state index contributed by atoms with van der Waals surface area (Å²) in [4.78, 5) is 34.8. The van der Waals surface area contributed by atoms with Crippen LogP contribution in [0.5, 0.6) is 5.75 Å². The van der Waals surface area contributed by atoms with Crippen LogP contribution >= 0.6 is 0 Å². The number of carbonyl (C=O) groups excluding carboxylic acids is 2. The molecule has 1 aromatic heterocycles. The lowest BCUT2D eigenvalue weighted by Gasteiger charge is -2.41. The number of aryl methyl sites for hydroxylation is 1. The third kappa shape index (κ3) is 9.22. The Bertz CT molecular complexity index is 1620. The van der Waals surface area contributed by atoms with Crippen molar-refractivity contribution in [2.45, 2.75) is 103 Å². The van der Waals surface area contributed by atoms with Crippen molar-refractivity contribution in [3.05, 3.63) is 77.5 Å². The first-order valence-corrected chi connectivity index (χ1v) is 20.5. The van der Waals surface area contributed by atoms with Crippen molar-refractivity contribution in [3.63, 3.8) is 0 Å². The summed E-state index contributed by atoms with van der Waals surface area (Å²) < 4.78 is 19.4. The number of hydrogen-bond donors (Lipinski definition) is 1. The Kier molecular flexibility index (Phi) is 10.8. The topological polar surface area (TPSA) is 107 Å². The van der Waals surface area contributed by atoms with Crippen LogP contribution in [-0.4, -0.2) is 73.0 Å². The SMILES string of the molecule is CC(C)(C)OC(=O)N(CC1CCc2cc(-c3cccc(C(=O)N4CCCC4)c3)ccc2O1)CC(O[Si](C)(C)C(C)(C)C)c1ccc(N)nc1. The lowest BCUT2D eigenvalue weighted by atomic mass is 9.96. The molecule has 10 heteroatoms. The number of likely N-dealkylation sites (tertiary alicyclic amines) is 1. The Morgan fingerprint density at radius 2 is 1.73 bits per heavy atom. The number of carbonyl (C=O) groups is 2. The molecule has 2 unspecified atom stereocenters. The lowest BCUT2D eigenvalue weighted by molar-refractivity contribution is 0.00490. The second kappa shape index (κ2) is 14.5. The van der Waals surface area contributed by atoms with Crippen molar-refractivity contribution in [1.29, 1.82) is 0 Å². The van der Waals surface area contributed by atoms with Crippen LogP contribution in [0.15, 0.2) is 60.8 Å². The third-order valence-corrected chi connectivity index (χ3v) is 14.3. The van der Waals surface area contributed by atoms with E-state index in [9.17, 15) is 9.59 Å². The number of hydrogen-bond acceptors (Lipinski definition) is 7. The summed E-state index contributed by atoms with van der Waals surface area (Å²) in [6.07, 6.45) is 4.35. The van der Waals surface area contributed by atoms with Gasteiger partial charge in [-0.1, -0.05) is 45.0 Å². The fourth-order valence-corrected chi connectivity index (χ4v) is 7.31. The van der Waals surface area contributed by atoms with Gasteiger partial charge in [-0.05, 0) is 117 Å². The molecule has 0 saturated carbocycles. The van der Waals surface area contributed by atoms with Gasteiger partial charge in [0.15, 0.2) is 8.32 Å². The molecule has 9 nitrogen and oxygen atoms in total. The molecule has 2 aliphatic rings. The van der Waals surface area contributed by atoms with Gasteiger partial charge in [0.25, 0.3) is 5.91 Å². The molecule has 49 heavy (non-hydrogen) atoms. The Morgan fingerprint density at radius 1 is 1.02 bits per heavy atom. The van der Waals surface area contributed by atoms with Gasteiger partial charge in [-0.25, -0.2) is 9.78 Å². The van der Waals surface area contributed by atoms with Crippen LogP contribution in [0.1, 0.15) is 88.4 Å². The van der Waals surface area contributed by atoms with E-state index in [0.29, 0.717) is 12.4 Å². The molecule has 1 saturated heterocycles. The highest BCUT2D eigenvalue weighted by Gasteiger charge is 2.41. The Hall–Kier alpha value is -3.89. The molecule has 0 bridgehead atoms. The van der Waals surface area contributed by atoms with Crippen LogP contribution < -0.4 is 10.5 Å². The van der Waals surface area contributed by atoms with E-state index < -0.39 is 26.1 Å². The van der Waals surface area contributed by atoms with Gasteiger partial charge in [-0.2, -0.15) is 0 Å². The molecule has 3 aromatic rings. The standard InChI is InChI=1S/C39H54N4O5Si/c1-38(2,3)47-37(45)43(26-34(31-16-19-35(40)41-24-31)48-49(7,8)39(4,5)6)25-32-17-14-29-22-28(15-18-33(29)46-32)27-12-11-13-30(23-27)36(44)42-20-9-10-21-42/h11-13,15-16,18-19,22-24,32,34H,9-10,14,17,20-21,25-26H2,1-8H3,(H2,40,41). The van der Waals surface area contributed by atoms with Crippen LogP contribution in [-0.2, 0) is 15.6 Å². The zero-order chi connectivity index (χ0) is 35.6. The van der Waals surface area contributed by atoms with Crippen LogP contribution in [0.4, 0.5) is 10.6 Å². The predicted octanol–water partition coefficient (Wildman–Crippen LogP) is 8.26. The molecule has 1 fully saturated rings. The summed E-state index contributed by atoms with van der Waals surface area (Å²) in [5.41, 5.74) is 10.0. The first kappa shape index (κ1) is 36.4. The third-order valence-electron chi connectivity index (χ3n) is 9.81. The number of anilines is 1. The number of fused-ring (bicyclic) bond motifs is 1. The Labute approximate surface area is 293 Å². The van der Waals surface area contributed by atoms with Gasteiger partial charge >= 0.3 is 6.09 Å². The molecule has 0 aliphatic carbocycles. The molecule has 2 amide bonds. The summed E-state index contributed by atoms with van der Waals surface area (Å²) in [6.45, 7) is 18.9. The van der Waals surface area contributed by atoms with Crippen LogP contribution in [0.2, 0.25) is 18.1 Å². The van der Waals surface area contributed by atoms with Gasteiger partial charge < -0.3 is 29.4 Å². The maximum atomic E-state index is 13.8. The van der Waals surface area contributed by atoms with E-state index in [0.717, 1.165) is 72.3 Å². The van der Waals surface area contributed by atoms with Crippen molar-refractivity contribution >= 4 is 26.1 Å². The van der Waals surface area contributed by atoms with Gasteiger partial charge in [-0.3, -0.25) is 4.79 Å². The first-order chi connectivity index (χ1) is 23.0. The summed E-state index contributed by atoms with van der Waals surface area (Å²) in [6, 6.07) is 17.8. The van der Waals surface area contributed by atoms with Gasteiger partial charge in [0.05, 0.1) is 19.2 Å². The number of pyridine rings is 1. The number of amides is 2. The highest BCUT2D eigenvalue weighted by molar-refractivity contribution is 6.74. The number of nitrogens with zero attached hydrogens (tertiary/aromatic N) is 3. The van der Waals surface area contributed by atoms with E-state index in [1.165, 1.54) is 0 Å². The van der Waals surface area contributed by atoms with Gasteiger partial charge in [-0.15, -0.1) is 0 Å². The minimum Gasteiger partial charge on any atom is -0.488 e. The van der Waals surface area contributed by atoms with Gasteiger partial charge in [0.2, 0.25) is 0 Å². The fourth-order valence-electron chi connectivity index (χ4n) is 6.03.